The fourth-order valence-corrected chi connectivity index (χ4v) is 4.19. The highest BCUT2D eigenvalue weighted by Crippen LogP contribution is 2.22. The van der Waals surface area contributed by atoms with Crippen molar-refractivity contribution >= 4 is 27.5 Å². The Morgan fingerprint density at radius 1 is 1.16 bits per heavy atom. The van der Waals surface area contributed by atoms with Gasteiger partial charge in [-0.2, -0.15) is 5.10 Å². The van der Waals surface area contributed by atoms with E-state index in [0.29, 0.717) is 22.7 Å². The van der Waals surface area contributed by atoms with Gasteiger partial charge in [-0.15, -0.1) is 0 Å². The van der Waals surface area contributed by atoms with Crippen molar-refractivity contribution in [2.24, 2.45) is 0 Å². The maximum Gasteiger partial charge on any atom is 0.260 e. The van der Waals surface area contributed by atoms with Crippen LogP contribution in [0.2, 0.25) is 5.02 Å². The van der Waals surface area contributed by atoms with Crippen LogP contribution in [0.3, 0.4) is 0 Å². The van der Waals surface area contributed by atoms with Gasteiger partial charge in [-0.25, -0.2) is 22.4 Å². The summed E-state index contributed by atoms with van der Waals surface area (Å²) in [4.78, 5) is 17.1. The normalized spacial score (nSPS) is 12.7. The Morgan fingerprint density at radius 3 is 2.41 bits per heavy atom. The first kappa shape index (κ1) is 23.9. The molecule has 0 fully saturated rings. The summed E-state index contributed by atoms with van der Waals surface area (Å²) in [5.41, 5.74) is 2.70. The number of carbonyl (C=O) groups is 1. The van der Waals surface area contributed by atoms with Crippen molar-refractivity contribution in [2.45, 2.75) is 37.8 Å². The van der Waals surface area contributed by atoms with Crippen LogP contribution in [0.25, 0.3) is 5.69 Å². The molecule has 170 valence electrons. The molecule has 8 nitrogen and oxygen atoms in total. The number of halogens is 1. The molecule has 0 aliphatic carbocycles. The molecule has 3 rings (SSSR count). The number of benzene rings is 1. The van der Waals surface area contributed by atoms with Crippen LogP contribution in [-0.2, 0) is 10.0 Å². The zero-order valence-electron chi connectivity index (χ0n) is 18.4. The van der Waals surface area contributed by atoms with Crippen LogP contribution >= 0.6 is 11.6 Å². The molecule has 2 heterocycles. The Labute approximate surface area is 193 Å². The molecular formula is C22H26ClN5O3S. The molecule has 0 aliphatic rings. The second kappa shape index (κ2) is 9.81. The van der Waals surface area contributed by atoms with Gasteiger partial charge < -0.3 is 5.32 Å². The average molecular weight is 476 g/mol. The fraction of sp³-hybridized carbons (Fsp3) is 0.318. The summed E-state index contributed by atoms with van der Waals surface area (Å²) in [5, 5.41) is 7.97. The molecule has 1 aromatic carbocycles. The van der Waals surface area contributed by atoms with Gasteiger partial charge in [0.1, 0.15) is 0 Å². The van der Waals surface area contributed by atoms with Crippen LogP contribution in [0.15, 0.2) is 53.8 Å². The van der Waals surface area contributed by atoms with Crippen LogP contribution in [0.5, 0.6) is 0 Å². The first-order valence-corrected chi connectivity index (χ1v) is 12.0. The second-order valence-corrected chi connectivity index (χ2v) is 10.1. The molecular weight excluding hydrogens is 450 g/mol. The number of amides is 1. The van der Waals surface area contributed by atoms with Gasteiger partial charge in [-0.05, 0) is 49.2 Å². The van der Waals surface area contributed by atoms with Gasteiger partial charge in [0.05, 0.1) is 29.2 Å². The number of sulfonamides is 1. The topological polar surface area (TPSA) is 97.2 Å². The Balaban J connectivity index is 1.82. The van der Waals surface area contributed by atoms with Gasteiger partial charge >= 0.3 is 0 Å². The minimum atomic E-state index is -3.61. The molecule has 0 saturated carbocycles. The molecule has 32 heavy (non-hydrogen) atoms. The Morgan fingerprint density at radius 2 is 1.84 bits per heavy atom. The van der Waals surface area contributed by atoms with Crippen molar-refractivity contribution in [3.63, 3.8) is 0 Å². The average Bonchev–Trinajstić information content (AvgIpc) is 3.15. The molecule has 0 spiro atoms. The van der Waals surface area contributed by atoms with E-state index in [-0.39, 0.29) is 17.0 Å². The summed E-state index contributed by atoms with van der Waals surface area (Å²) < 4.78 is 27.3. The van der Waals surface area contributed by atoms with Gasteiger partial charge in [0.15, 0.2) is 5.03 Å². The first-order valence-electron chi connectivity index (χ1n) is 10.1. The van der Waals surface area contributed by atoms with Gasteiger partial charge in [-0.1, -0.05) is 31.0 Å². The minimum absolute atomic E-state index is 0.0343. The van der Waals surface area contributed by atoms with Crippen molar-refractivity contribution in [3.05, 3.63) is 70.6 Å². The van der Waals surface area contributed by atoms with Crippen molar-refractivity contribution in [2.75, 3.05) is 14.1 Å². The quantitative estimate of drug-likeness (QED) is 0.535. The van der Waals surface area contributed by atoms with Crippen molar-refractivity contribution < 1.29 is 13.2 Å². The second-order valence-electron chi connectivity index (χ2n) is 7.56. The van der Waals surface area contributed by atoms with E-state index in [1.807, 2.05) is 26.0 Å². The molecule has 10 heteroatoms. The number of nitrogens with zero attached hydrogens (tertiary/aromatic N) is 4. The Hall–Kier alpha value is -2.75. The lowest BCUT2D eigenvalue weighted by Crippen LogP contribution is -2.29. The van der Waals surface area contributed by atoms with Crippen LogP contribution in [0.4, 0.5) is 0 Å². The zero-order valence-corrected chi connectivity index (χ0v) is 20.0. The third-order valence-electron chi connectivity index (χ3n) is 5.11. The highest BCUT2D eigenvalue weighted by Gasteiger charge is 2.22. The monoisotopic (exact) mass is 475 g/mol. The van der Waals surface area contributed by atoms with E-state index in [4.69, 9.17) is 11.6 Å². The Kier molecular flexibility index (Phi) is 7.33. The van der Waals surface area contributed by atoms with Crippen LogP contribution in [-0.4, -0.2) is 47.5 Å². The number of aromatic nitrogens is 3. The number of rotatable bonds is 8. The SMILES string of the molecule is CCCC(NC(=O)c1cnn(-c2ccc(Cl)cc2)c1C)c1ccc(S(=O)(=O)N(C)C)nc1. The third-order valence-corrected chi connectivity index (χ3v) is 7.10. The molecule has 0 saturated heterocycles. The number of hydrogen-bond donors (Lipinski definition) is 1. The van der Waals surface area contributed by atoms with Crippen LogP contribution in [0.1, 0.15) is 47.4 Å². The number of pyridine rings is 1. The highest BCUT2D eigenvalue weighted by molar-refractivity contribution is 7.89. The van der Waals surface area contributed by atoms with E-state index in [0.717, 1.165) is 22.0 Å². The third kappa shape index (κ3) is 5.01. The molecule has 1 atom stereocenters. The maximum absolute atomic E-state index is 13.0. The summed E-state index contributed by atoms with van der Waals surface area (Å²) in [6, 6.07) is 10.0. The standard InChI is InChI=1S/C22H26ClN5O3S/c1-5-6-20(16-7-12-21(24-13-16)32(30,31)27(3)4)26-22(29)19-14-25-28(15(19)2)18-10-8-17(23)9-11-18/h7-14,20H,5-6H2,1-4H3,(H,26,29). The maximum atomic E-state index is 13.0. The summed E-state index contributed by atoms with van der Waals surface area (Å²) in [6.45, 7) is 3.84. The van der Waals surface area contributed by atoms with E-state index in [9.17, 15) is 13.2 Å². The van der Waals surface area contributed by atoms with Crippen molar-refractivity contribution in [1.29, 1.82) is 0 Å². The molecule has 0 bridgehead atoms. The van der Waals surface area contributed by atoms with E-state index in [1.165, 1.54) is 32.6 Å². The highest BCUT2D eigenvalue weighted by atomic mass is 35.5. The summed E-state index contributed by atoms with van der Waals surface area (Å²) >= 11 is 5.96. The smallest absolute Gasteiger partial charge is 0.260 e. The number of nitrogens with one attached hydrogen (secondary N) is 1. The molecule has 1 amide bonds. The molecule has 1 unspecified atom stereocenters. The van der Waals surface area contributed by atoms with E-state index in [1.54, 1.807) is 22.9 Å². The Bertz CT molecular complexity index is 1190. The van der Waals surface area contributed by atoms with E-state index < -0.39 is 10.0 Å². The van der Waals surface area contributed by atoms with E-state index >= 15 is 0 Å². The first-order chi connectivity index (χ1) is 15.1. The van der Waals surface area contributed by atoms with Gasteiger partial charge in [0, 0.05) is 25.3 Å². The lowest BCUT2D eigenvalue weighted by molar-refractivity contribution is 0.0933. The lowest BCUT2D eigenvalue weighted by Gasteiger charge is -2.19. The van der Waals surface area contributed by atoms with Crippen molar-refractivity contribution in [1.82, 2.24) is 24.4 Å². The fourth-order valence-electron chi connectivity index (χ4n) is 3.26. The minimum Gasteiger partial charge on any atom is -0.345 e. The van der Waals surface area contributed by atoms with E-state index in [2.05, 4.69) is 15.4 Å². The molecule has 0 radical (unpaired) electrons. The summed E-state index contributed by atoms with van der Waals surface area (Å²) in [5.74, 6) is -0.258. The van der Waals surface area contributed by atoms with Gasteiger partial charge in [0.25, 0.3) is 15.9 Å². The van der Waals surface area contributed by atoms with Crippen LogP contribution in [0, 0.1) is 6.92 Å². The van der Waals surface area contributed by atoms with Gasteiger partial charge in [0.2, 0.25) is 0 Å². The zero-order chi connectivity index (χ0) is 23.5. The van der Waals surface area contributed by atoms with Crippen LogP contribution < -0.4 is 5.32 Å². The molecule has 1 N–H and O–H groups in total. The van der Waals surface area contributed by atoms with Gasteiger partial charge in [-0.3, -0.25) is 4.79 Å². The largest absolute Gasteiger partial charge is 0.345 e. The number of hydrogen-bond acceptors (Lipinski definition) is 5. The number of carbonyl (C=O) groups excluding carboxylic acids is 1. The predicted octanol–water partition coefficient (Wildman–Crippen LogP) is 3.75. The van der Waals surface area contributed by atoms with Crippen molar-refractivity contribution in [3.8, 4) is 5.69 Å². The predicted molar refractivity (Wildman–Crippen MR) is 124 cm³/mol. The lowest BCUT2D eigenvalue weighted by atomic mass is 10.0. The summed E-state index contributed by atoms with van der Waals surface area (Å²) in [6.07, 6.45) is 4.54. The summed E-state index contributed by atoms with van der Waals surface area (Å²) in [7, 11) is -0.702. The molecule has 2 aromatic heterocycles. The molecule has 3 aromatic rings. The molecule has 0 aliphatic heterocycles.